The van der Waals surface area contributed by atoms with Gasteiger partial charge < -0.3 is 20.4 Å². The van der Waals surface area contributed by atoms with Gasteiger partial charge in [0.2, 0.25) is 0 Å². The predicted molar refractivity (Wildman–Crippen MR) is 92.3 cm³/mol. The van der Waals surface area contributed by atoms with Gasteiger partial charge in [-0.3, -0.25) is 4.79 Å². The van der Waals surface area contributed by atoms with E-state index in [4.69, 9.17) is 4.74 Å². The van der Waals surface area contributed by atoms with Gasteiger partial charge in [-0.25, -0.2) is 0 Å². The summed E-state index contributed by atoms with van der Waals surface area (Å²) in [6, 6.07) is 8.05. The Bertz CT molecular complexity index is 747. The zero-order valence-electron chi connectivity index (χ0n) is 13.9. The van der Waals surface area contributed by atoms with E-state index in [0.717, 1.165) is 49.2 Å². The summed E-state index contributed by atoms with van der Waals surface area (Å²) in [4.78, 5) is 15.7. The van der Waals surface area contributed by atoms with Crippen molar-refractivity contribution in [1.29, 1.82) is 0 Å². The second-order valence-corrected chi connectivity index (χ2v) is 6.86. The highest BCUT2D eigenvalue weighted by Gasteiger charge is 2.42. The van der Waals surface area contributed by atoms with Crippen molar-refractivity contribution in [3.63, 3.8) is 0 Å². The Morgan fingerprint density at radius 3 is 2.79 bits per heavy atom. The first-order chi connectivity index (χ1) is 11.7. The van der Waals surface area contributed by atoms with Crippen LogP contribution < -0.4 is 15.4 Å². The van der Waals surface area contributed by atoms with E-state index in [9.17, 15) is 4.79 Å². The lowest BCUT2D eigenvalue weighted by molar-refractivity contribution is 0.00365. The van der Waals surface area contributed by atoms with Crippen LogP contribution in [0.2, 0.25) is 0 Å². The van der Waals surface area contributed by atoms with Crippen molar-refractivity contribution in [2.24, 2.45) is 0 Å². The molecule has 1 amide bonds. The van der Waals surface area contributed by atoms with E-state index in [1.165, 1.54) is 0 Å². The molecule has 1 saturated heterocycles. The molecule has 1 aromatic heterocycles. The molecule has 4 rings (SSSR count). The first-order valence-corrected chi connectivity index (χ1v) is 8.60. The Balaban J connectivity index is 1.63. The third-order valence-electron chi connectivity index (χ3n) is 5.21. The first-order valence-electron chi connectivity index (χ1n) is 8.60. The average Bonchev–Trinajstić information content (AvgIpc) is 3.01. The minimum atomic E-state index is -0.176. The molecule has 24 heavy (non-hydrogen) atoms. The normalized spacial score (nSPS) is 21.8. The van der Waals surface area contributed by atoms with Crippen LogP contribution in [0.15, 0.2) is 36.7 Å². The van der Waals surface area contributed by atoms with E-state index in [1.807, 2.05) is 31.3 Å². The van der Waals surface area contributed by atoms with Gasteiger partial charge in [0.25, 0.3) is 5.91 Å². The molecule has 3 N–H and O–H groups in total. The Morgan fingerprint density at radius 2 is 2.04 bits per heavy atom. The molecule has 0 aliphatic carbocycles. The van der Waals surface area contributed by atoms with Crippen LogP contribution in [0.4, 0.5) is 0 Å². The number of fused-ring (bicyclic) bond motifs is 1. The highest BCUT2D eigenvalue weighted by atomic mass is 16.5. The molecular formula is C19H23N3O2. The summed E-state index contributed by atoms with van der Waals surface area (Å²) in [5, 5.41) is 6.62. The summed E-state index contributed by atoms with van der Waals surface area (Å²) >= 11 is 0. The lowest BCUT2D eigenvalue weighted by Gasteiger charge is -2.44. The zero-order valence-corrected chi connectivity index (χ0v) is 13.9. The van der Waals surface area contributed by atoms with Gasteiger partial charge in [-0.1, -0.05) is 18.2 Å². The monoisotopic (exact) mass is 325 g/mol. The number of carbonyl (C=O) groups is 1. The second kappa shape index (κ2) is 5.98. The Hall–Kier alpha value is -2.27. The number of carbonyl (C=O) groups excluding carboxylic acids is 1. The predicted octanol–water partition coefficient (Wildman–Crippen LogP) is 2.70. The van der Waals surface area contributed by atoms with E-state index in [1.54, 1.807) is 6.20 Å². The Morgan fingerprint density at radius 1 is 1.25 bits per heavy atom. The average molecular weight is 325 g/mol. The van der Waals surface area contributed by atoms with E-state index < -0.39 is 0 Å². The molecule has 1 fully saturated rings. The Kier molecular flexibility index (Phi) is 3.81. The van der Waals surface area contributed by atoms with E-state index in [2.05, 4.69) is 21.7 Å². The Labute approximate surface area is 141 Å². The topological polar surface area (TPSA) is 66.2 Å². The molecule has 5 heteroatoms. The highest BCUT2D eigenvalue weighted by Crippen LogP contribution is 2.43. The number of aromatic amines is 1. The van der Waals surface area contributed by atoms with Crippen LogP contribution in [0.1, 0.15) is 46.8 Å². The van der Waals surface area contributed by atoms with Gasteiger partial charge in [0.15, 0.2) is 0 Å². The van der Waals surface area contributed by atoms with E-state index in [-0.39, 0.29) is 17.6 Å². The molecule has 0 bridgehead atoms. The number of para-hydroxylation sites is 1. The lowest BCUT2D eigenvalue weighted by Crippen LogP contribution is -2.51. The van der Waals surface area contributed by atoms with Crippen LogP contribution in [0.5, 0.6) is 5.75 Å². The largest absolute Gasteiger partial charge is 0.487 e. The van der Waals surface area contributed by atoms with Crippen LogP contribution in [0.3, 0.4) is 0 Å². The number of H-pyrrole nitrogens is 1. The summed E-state index contributed by atoms with van der Waals surface area (Å²) in [7, 11) is 0. The number of hydrogen-bond acceptors (Lipinski definition) is 3. The SMILES string of the molecule is Cc1c[nH]cc1C(=O)NC1CC2(CCNCC2)Oc2ccccc21. The summed E-state index contributed by atoms with van der Waals surface area (Å²) in [6.07, 6.45) is 6.37. The number of aromatic nitrogens is 1. The number of hydrogen-bond donors (Lipinski definition) is 3. The van der Waals surface area contributed by atoms with Crippen LogP contribution in [0, 0.1) is 6.92 Å². The van der Waals surface area contributed by atoms with Crippen LogP contribution in [-0.4, -0.2) is 29.6 Å². The summed E-state index contributed by atoms with van der Waals surface area (Å²) in [6.45, 7) is 3.86. The molecule has 2 aliphatic heterocycles. The molecule has 126 valence electrons. The first kappa shape index (κ1) is 15.3. The number of amides is 1. The smallest absolute Gasteiger partial charge is 0.253 e. The summed E-state index contributed by atoms with van der Waals surface area (Å²) in [5.41, 5.74) is 2.57. The third kappa shape index (κ3) is 2.69. The van der Waals surface area contributed by atoms with Crippen molar-refractivity contribution in [3.8, 4) is 5.75 Å². The maximum Gasteiger partial charge on any atom is 0.253 e. The van der Waals surface area contributed by atoms with Gasteiger partial charge in [-0.05, 0) is 44.5 Å². The molecule has 0 radical (unpaired) electrons. The number of piperidine rings is 1. The zero-order chi connectivity index (χ0) is 16.6. The molecule has 1 atom stereocenters. The van der Waals surface area contributed by atoms with Crippen molar-refractivity contribution >= 4 is 5.91 Å². The maximum atomic E-state index is 12.7. The van der Waals surface area contributed by atoms with Crippen LogP contribution >= 0.6 is 0 Å². The summed E-state index contributed by atoms with van der Waals surface area (Å²) in [5.74, 6) is 0.876. The highest BCUT2D eigenvalue weighted by molar-refractivity contribution is 5.95. The minimum absolute atomic E-state index is 0.0187. The lowest BCUT2D eigenvalue weighted by atomic mass is 9.81. The van der Waals surface area contributed by atoms with Gasteiger partial charge >= 0.3 is 0 Å². The molecule has 2 aliphatic rings. The number of ether oxygens (including phenoxy) is 1. The van der Waals surface area contributed by atoms with Gasteiger partial charge in [0.05, 0.1) is 11.6 Å². The number of nitrogens with one attached hydrogen (secondary N) is 3. The third-order valence-corrected chi connectivity index (χ3v) is 5.21. The molecule has 5 nitrogen and oxygen atoms in total. The molecule has 2 aromatic rings. The summed E-state index contributed by atoms with van der Waals surface area (Å²) < 4.78 is 6.39. The standard InChI is InChI=1S/C19H23N3O2/c1-13-11-21-12-15(13)18(23)22-16-10-19(6-8-20-9-7-19)24-17-5-3-2-4-14(16)17/h2-5,11-12,16,20-21H,6-10H2,1H3,(H,22,23). The van der Waals surface area contributed by atoms with Crippen molar-refractivity contribution in [2.75, 3.05) is 13.1 Å². The quantitative estimate of drug-likeness (QED) is 0.795. The molecule has 1 spiro atoms. The number of benzene rings is 1. The number of aryl methyl sites for hydroxylation is 1. The van der Waals surface area contributed by atoms with Crippen LogP contribution in [-0.2, 0) is 0 Å². The fourth-order valence-corrected chi connectivity index (χ4v) is 3.86. The molecule has 1 aromatic carbocycles. The van der Waals surface area contributed by atoms with Gasteiger partial charge in [-0.2, -0.15) is 0 Å². The van der Waals surface area contributed by atoms with Crippen molar-refractivity contribution in [1.82, 2.24) is 15.6 Å². The van der Waals surface area contributed by atoms with Crippen molar-refractivity contribution in [2.45, 2.75) is 37.8 Å². The van der Waals surface area contributed by atoms with Crippen molar-refractivity contribution in [3.05, 3.63) is 53.3 Å². The molecular weight excluding hydrogens is 302 g/mol. The van der Waals surface area contributed by atoms with Gasteiger partial charge in [0.1, 0.15) is 11.4 Å². The van der Waals surface area contributed by atoms with Crippen LogP contribution in [0.25, 0.3) is 0 Å². The maximum absolute atomic E-state index is 12.7. The van der Waals surface area contributed by atoms with Gasteiger partial charge in [-0.15, -0.1) is 0 Å². The van der Waals surface area contributed by atoms with E-state index >= 15 is 0 Å². The fourth-order valence-electron chi connectivity index (χ4n) is 3.86. The molecule has 0 saturated carbocycles. The van der Waals surface area contributed by atoms with Crippen molar-refractivity contribution < 1.29 is 9.53 Å². The molecule has 3 heterocycles. The minimum Gasteiger partial charge on any atom is -0.487 e. The second-order valence-electron chi connectivity index (χ2n) is 6.86. The number of rotatable bonds is 2. The molecule has 1 unspecified atom stereocenters. The van der Waals surface area contributed by atoms with Gasteiger partial charge in [0, 0.05) is 24.4 Å². The fraction of sp³-hybridized carbons (Fsp3) is 0.421. The van der Waals surface area contributed by atoms with E-state index in [0.29, 0.717) is 5.56 Å².